The molecular weight excluding hydrogens is 509 g/mol. The third-order valence-corrected chi connectivity index (χ3v) is 6.46. The Labute approximate surface area is 225 Å². The van der Waals surface area contributed by atoms with E-state index in [9.17, 15) is 18.8 Å². The molecule has 198 valence electrons. The molecule has 0 aliphatic carbocycles. The number of anilines is 3. The average Bonchev–Trinajstić information content (AvgIpc) is 2.90. The lowest BCUT2D eigenvalue weighted by atomic mass is 10.1. The molecule has 38 heavy (non-hydrogen) atoms. The minimum atomic E-state index is -0.458. The Morgan fingerprint density at radius 2 is 1.58 bits per heavy atom. The number of pyridine rings is 1. The Morgan fingerprint density at radius 1 is 0.921 bits per heavy atom. The van der Waals surface area contributed by atoms with Crippen LogP contribution >= 0.6 is 11.6 Å². The molecule has 0 atom stereocenters. The van der Waals surface area contributed by atoms with Crippen molar-refractivity contribution in [2.75, 3.05) is 41.7 Å². The predicted molar refractivity (Wildman–Crippen MR) is 146 cm³/mol. The van der Waals surface area contributed by atoms with Gasteiger partial charge in [0.1, 0.15) is 11.6 Å². The van der Waals surface area contributed by atoms with Crippen molar-refractivity contribution in [2.45, 2.75) is 20.3 Å². The summed E-state index contributed by atoms with van der Waals surface area (Å²) in [5, 5.41) is 5.75. The molecule has 2 aromatic carbocycles. The molecule has 1 fully saturated rings. The number of piperazine rings is 1. The zero-order valence-corrected chi connectivity index (χ0v) is 22.0. The number of rotatable bonds is 7. The van der Waals surface area contributed by atoms with Crippen LogP contribution in [0.4, 0.5) is 21.6 Å². The smallest absolute Gasteiger partial charge is 0.257 e. The van der Waals surface area contributed by atoms with Crippen molar-refractivity contribution in [3.8, 4) is 0 Å². The summed E-state index contributed by atoms with van der Waals surface area (Å²) in [7, 11) is 0. The second kappa shape index (κ2) is 12.0. The largest absolute Gasteiger partial charge is 0.353 e. The number of halogens is 2. The highest BCUT2D eigenvalue weighted by Crippen LogP contribution is 2.27. The molecule has 1 aromatic heterocycles. The number of hydrogen-bond donors (Lipinski definition) is 2. The molecule has 2 heterocycles. The first-order chi connectivity index (χ1) is 18.2. The summed E-state index contributed by atoms with van der Waals surface area (Å²) in [4.78, 5) is 46.0. The minimum Gasteiger partial charge on any atom is -0.353 e. The van der Waals surface area contributed by atoms with Gasteiger partial charge in [0.2, 0.25) is 5.91 Å². The maximum atomic E-state index is 13.1. The Hall–Kier alpha value is -3.98. The highest BCUT2D eigenvalue weighted by Gasteiger charge is 2.22. The first-order valence-corrected chi connectivity index (χ1v) is 12.7. The van der Waals surface area contributed by atoms with E-state index in [2.05, 4.69) is 20.5 Å². The summed E-state index contributed by atoms with van der Waals surface area (Å²) in [5.41, 5.74) is 1.37. The predicted octanol–water partition coefficient (Wildman–Crippen LogP) is 5.07. The molecule has 0 bridgehead atoms. The van der Waals surface area contributed by atoms with E-state index in [1.54, 1.807) is 30.3 Å². The molecular formula is C28H29ClFN5O3. The Morgan fingerprint density at radius 3 is 2.21 bits per heavy atom. The summed E-state index contributed by atoms with van der Waals surface area (Å²) in [5.74, 6) is -0.00938. The van der Waals surface area contributed by atoms with Gasteiger partial charge >= 0.3 is 0 Å². The van der Waals surface area contributed by atoms with E-state index in [1.165, 1.54) is 30.5 Å². The molecule has 0 saturated carbocycles. The number of amides is 3. The van der Waals surface area contributed by atoms with Gasteiger partial charge in [-0.3, -0.25) is 14.4 Å². The van der Waals surface area contributed by atoms with E-state index in [4.69, 9.17) is 11.6 Å². The maximum absolute atomic E-state index is 13.1. The van der Waals surface area contributed by atoms with Crippen LogP contribution in [-0.4, -0.2) is 53.8 Å². The second-order valence-electron chi connectivity index (χ2n) is 9.48. The summed E-state index contributed by atoms with van der Waals surface area (Å²) in [6.45, 7) is 6.72. The fraction of sp³-hybridized carbons (Fsp3) is 0.286. The van der Waals surface area contributed by atoms with Gasteiger partial charge in [0.15, 0.2) is 0 Å². The highest BCUT2D eigenvalue weighted by molar-refractivity contribution is 6.34. The zero-order chi connectivity index (χ0) is 27.2. The van der Waals surface area contributed by atoms with Gasteiger partial charge in [0.25, 0.3) is 11.8 Å². The van der Waals surface area contributed by atoms with Crippen LogP contribution in [0, 0.1) is 11.7 Å². The summed E-state index contributed by atoms with van der Waals surface area (Å²) >= 11 is 6.22. The Balaban J connectivity index is 1.35. The average molecular weight is 538 g/mol. The van der Waals surface area contributed by atoms with Crippen LogP contribution in [0.2, 0.25) is 5.02 Å². The number of carbonyl (C=O) groups is 3. The van der Waals surface area contributed by atoms with Crippen LogP contribution in [0.3, 0.4) is 0 Å². The molecule has 0 radical (unpaired) electrons. The van der Waals surface area contributed by atoms with Crippen molar-refractivity contribution < 1.29 is 18.8 Å². The monoisotopic (exact) mass is 537 g/mol. The molecule has 1 aliphatic rings. The molecule has 2 N–H and O–H groups in total. The van der Waals surface area contributed by atoms with Crippen LogP contribution < -0.4 is 15.5 Å². The van der Waals surface area contributed by atoms with E-state index < -0.39 is 11.7 Å². The summed E-state index contributed by atoms with van der Waals surface area (Å²) < 4.78 is 13.1. The fourth-order valence-corrected chi connectivity index (χ4v) is 4.23. The van der Waals surface area contributed by atoms with Crippen molar-refractivity contribution >= 4 is 46.5 Å². The van der Waals surface area contributed by atoms with Crippen LogP contribution in [0.5, 0.6) is 0 Å². The van der Waals surface area contributed by atoms with Crippen LogP contribution in [0.15, 0.2) is 60.8 Å². The van der Waals surface area contributed by atoms with Gasteiger partial charge in [0.05, 0.1) is 16.3 Å². The SMILES string of the molecule is CC(C)CC(=O)N1CCN(c2ccc(C(=O)Nc3ccc(Cl)c(NC(=O)c4ccc(F)cc4)c3)cn2)CC1. The third kappa shape index (κ3) is 6.86. The first-order valence-electron chi connectivity index (χ1n) is 12.4. The molecule has 4 rings (SSSR count). The van der Waals surface area contributed by atoms with Crippen molar-refractivity contribution in [2.24, 2.45) is 5.92 Å². The van der Waals surface area contributed by atoms with E-state index in [-0.39, 0.29) is 22.4 Å². The van der Waals surface area contributed by atoms with Crippen LogP contribution in [0.25, 0.3) is 0 Å². The molecule has 10 heteroatoms. The number of aromatic nitrogens is 1. The third-order valence-electron chi connectivity index (χ3n) is 6.13. The minimum absolute atomic E-state index is 0.181. The van der Waals surface area contributed by atoms with Gasteiger partial charge in [-0.15, -0.1) is 0 Å². The standard InChI is InChI=1S/C28H29ClFN5O3/c1-18(2)15-26(36)35-13-11-34(12-14-35)25-10-5-20(17-31-25)28(38)32-22-8-9-23(29)24(16-22)33-27(37)19-3-6-21(30)7-4-19/h3-10,16-18H,11-15H2,1-2H3,(H,32,38)(H,33,37). The van der Waals surface area contributed by atoms with Gasteiger partial charge in [-0.2, -0.15) is 0 Å². The molecule has 0 spiro atoms. The lowest BCUT2D eigenvalue weighted by Gasteiger charge is -2.35. The van der Waals surface area contributed by atoms with Crippen molar-refractivity contribution in [3.05, 3.63) is 82.8 Å². The number of benzene rings is 2. The molecule has 1 saturated heterocycles. The molecule has 0 unspecified atom stereocenters. The van der Waals surface area contributed by atoms with E-state index in [1.807, 2.05) is 18.7 Å². The molecule has 8 nitrogen and oxygen atoms in total. The van der Waals surface area contributed by atoms with Crippen LogP contribution in [0.1, 0.15) is 41.0 Å². The molecule has 3 amide bonds. The van der Waals surface area contributed by atoms with Gasteiger partial charge in [0, 0.05) is 50.0 Å². The van der Waals surface area contributed by atoms with Gasteiger partial charge in [-0.25, -0.2) is 9.37 Å². The van der Waals surface area contributed by atoms with E-state index in [0.717, 1.165) is 5.82 Å². The fourth-order valence-electron chi connectivity index (χ4n) is 4.07. The van der Waals surface area contributed by atoms with E-state index >= 15 is 0 Å². The number of hydrogen-bond acceptors (Lipinski definition) is 5. The quantitative estimate of drug-likeness (QED) is 0.438. The first kappa shape index (κ1) is 27.1. The number of nitrogens with zero attached hydrogens (tertiary/aromatic N) is 3. The van der Waals surface area contributed by atoms with Gasteiger partial charge in [-0.1, -0.05) is 25.4 Å². The van der Waals surface area contributed by atoms with Crippen molar-refractivity contribution in [1.82, 2.24) is 9.88 Å². The second-order valence-corrected chi connectivity index (χ2v) is 9.89. The van der Waals surface area contributed by atoms with Crippen LogP contribution in [-0.2, 0) is 4.79 Å². The Bertz CT molecular complexity index is 1310. The Kier molecular flexibility index (Phi) is 8.58. The lowest BCUT2D eigenvalue weighted by Crippen LogP contribution is -2.49. The lowest BCUT2D eigenvalue weighted by molar-refractivity contribution is -0.132. The maximum Gasteiger partial charge on any atom is 0.257 e. The van der Waals surface area contributed by atoms with Crippen molar-refractivity contribution in [3.63, 3.8) is 0 Å². The number of nitrogens with one attached hydrogen (secondary N) is 2. The van der Waals surface area contributed by atoms with Gasteiger partial charge < -0.3 is 20.4 Å². The highest BCUT2D eigenvalue weighted by atomic mass is 35.5. The number of carbonyl (C=O) groups excluding carboxylic acids is 3. The zero-order valence-electron chi connectivity index (χ0n) is 21.2. The van der Waals surface area contributed by atoms with Crippen molar-refractivity contribution in [1.29, 1.82) is 0 Å². The normalized spacial score (nSPS) is 13.4. The topological polar surface area (TPSA) is 94.6 Å². The molecule has 1 aliphatic heterocycles. The summed E-state index contributed by atoms with van der Waals surface area (Å²) in [6.07, 6.45) is 2.06. The van der Waals surface area contributed by atoms with Gasteiger partial charge in [-0.05, 0) is 60.5 Å². The summed E-state index contributed by atoms with van der Waals surface area (Å²) in [6, 6.07) is 13.3. The molecule has 3 aromatic rings. The van der Waals surface area contributed by atoms with E-state index in [0.29, 0.717) is 55.5 Å².